The summed E-state index contributed by atoms with van der Waals surface area (Å²) >= 11 is 6.00. The minimum atomic E-state index is -4.47. The van der Waals surface area contributed by atoms with E-state index in [-0.39, 0.29) is 22.9 Å². The lowest BCUT2D eigenvalue weighted by atomic mass is 10.1. The zero-order valence-electron chi connectivity index (χ0n) is 14.1. The lowest BCUT2D eigenvalue weighted by Gasteiger charge is -2.31. The first kappa shape index (κ1) is 19.4. The van der Waals surface area contributed by atoms with Crippen LogP contribution in [0.25, 0.3) is 0 Å². The second-order valence-electron chi connectivity index (χ2n) is 6.14. The average Bonchev–Trinajstić information content (AvgIpc) is 2.61. The van der Waals surface area contributed by atoms with Gasteiger partial charge in [0.15, 0.2) is 0 Å². The van der Waals surface area contributed by atoms with Gasteiger partial charge in [-0.2, -0.15) is 23.1 Å². The van der Waals surface area contributed by atoms with Crippen LogP contribution in [0.2, 0.25) is 5.28 Å². The number of aliphatic hydroxyl groups is 1. The normalized spacial score (nSPS) is 15.7. The number of alkyl halides is 3. The minimum Gasteiger partial charge on any atom is -0.393 e. The van der Waals surface area contributed by atoms with Crippen molar-refractivity contribution < 1.29 is 18.3 Å². The maximum atomic E-state index is 12.9. The predicted molar refractivity (Wildman–Crippen MR) is 97.1 cm³/mol. The fourth-order valence-electron chi connectivity index (χ4n) is 2.89. The monoisotopic (exact) mass is 399 g/mol. The average molecular weight is 400 g/mol. The van der Waals surface area contributed by atoms with Crippen LogP contribution in [0.1, 0.15) is 24.0 Å². The summed E-state index contributed by atoms with van der Waals surface area (Å²) in [6.07, 6.45) is -2.72. The molecule has 1 fully saturated rings. The van der Waals surface area contributed by atoms with E-state index in [1.165, 1.54) is 12.1 Å². The van der Waals surface area contributed by atoms with Crippen LogP contribution in [0.15, 0.2) is 24.3 Å². The van der Waals surface area contributed by atoms with E-state index >= 15 is 0 Å². The van der Waals surface area contributed by atoms with Gasteiger partial charge >= 0.3 is 6.18 Å². The van der Waals surface area contributed by atoms with Gasteiger partial charge in [0.05, 0.1) is 17.2 Å². The molecule has 2 heterocycles. The van der Waals surface area contributed by atoms with Gasteiger partial charge in [0.1, 0.15) is 11.6 Å². The molecule has 0 radical (unpaired) electrons. The lowest BCUT2D eigenvalue weighted by molar-refractivity contribution is -0.137. The largest absolute Gasteiger partial charge is 0.416 e. The Balaban J connectivity index is 1.95. The SMILES string of the molecule is N=Cc1c(Nc2cccc(C(F)(F)F)c2)nc(Cl)nc1N1CCC(O)CC1. The van der Waals surface area contributed by atoms with Crippen LogP contribution in [-0.4, -0.2) is 40.5 Å². The quantitative estimate of drug-likeness (QED) is 0.537. The van der Waals surface area contributed by atoms with Gasteiger partial charge in [0.2, 0.25) is 5.28 Å². The summed E-state index contributed by atoms with van der Waals surface area (Å²) in [4.78, 5) is 10.1. The van der Waals surface area contributed by atoms with E-state index in [0.29, 0.717) is 37.3 Å². The fraction of sp³-hybridized carbons (Fsp3) is 0.353. The van der Waals surface area contributed by atoms with Crippen LogP contribution in [0, 0.1) is 5.41 Å². The molecule has 6 nitrogen and oxygen atoms in total. The smallest absolute Gasteiger partial charge is 0.393 e. The second kappa shape index (κ2) is 7.69. The third-order valence-electron chi connectivity index (χ3n) is 4.26. The molecule has 3 rings (SSSR count). The van der Waals surface area contributed by atoms with Crippen molar-refractivity contribution in [3.8, 4) is 0 Å². The van der Waals surface area contributed by atoms with Gasteiger partial charge in [-0.25, -0.2) is 0 Å². The summed E-state index contributed by atoms with van der Waals surface area (Å²) in [5.41, 5.74) is -0.315. The Morgan fingerprint density at radius 2 is 1.96 bits per heavy atom. The highest BCUT2D eigenvalue weighted by atomic mass is 35.5. The number of aromatic nitrogens is 2. The third-order valence-corrected chi connectivity index (χ3v) is 4.43. The van der Waals surface area contributed by atoms with E-state index in [2.05, 4.69) is 15.3 Å². The molecule has 2 aromatic rings. The van der Waals surface area contributed by atoms with Crippen molar-refractivity contribution in [2.75, 3.05) is 23.3 Å². The van der Waals surface area contributed by atoms with Crippen molar-refractivity contribution in [1.82, 2.24) is 9.97 Å². The molecule has 1 aromatic carbocycles. The Kier molecular flexibility index (Phi) is 5.52. The predicted octanol–water partition coefficient (Wildman–Crippen LogP) is 3.85. The molecule has 1 aliphatic rings. The minimum absolute atomic E-state index is 0.0869. The summed E-state index contributed by atoms with van der Waals surface area (Å²) < 4.78 is 38.8. The van der Waals surface area contributed by atoms with E-state index in [1.807, 2.05) is 4.90 Å². The Morgan fingerprint density at radius 3 is 2.59 bits per heavy atom. The van der Waals surface area contributed by atoms with Crippen molar-refractivity contribution in [2.24, 2.45) is 0 Å². The third kappa shape index (κ3) is 4.48. The van der Waals surface area contributed by atoms with Gasteiger partial charge in [0, 0.05) is 25.0 Å². The number of halogens is 4. The molecule has 1 aromatic heterocycles. The van der Waals surface area contributed by atoms with Crippen LogP contribution in [0.4, 0.5) is 30.5 Å². The summed E-state index contributed by atoms with van der Waals surface area (Å²) in [5, 5.41) is 20.1. The Labute approximate surface area is 158 Å². The Bertz CT molecular complexity index is 838. The molecule has 144 valence electrons. The summed E-state index contributed by atoms with van der Waals surface area (Å²) in [6, 6.07) is 4.68. The van der Waals surface area contributed by atoms with E-state index in [0.717, 1.165) is 18.3 Å². The van der Waals surface area contributed by atoms with Crippen LogP contribution >= 0.6 is 11.6 Å². The van der Waals surface area contributed by atoms with E-state index in [9.17, 15) is 18.3 Å². The number of benzene rings is 1. The zero-order valence-corrected chi connectivity index (χ0v) is 14.8. The summed E-state index contributed by atoms with van der Waals surface area (Å²) in [6.45, 7) is 1.05. The van der Waals surface area contributed by atoms with Crippen molar-refractivity contribution in [3.05, 3.63) is 40.7 Å². The highest BCUT2D eigenvalue weighted by Gasteiger charge is 2.30. The highest BCUT2D eigenvalue weighted by Crippen LogP contribution is 2.33. The number of hydrogen-bond donors (Lipinski definition) is 3. The molecule has 27 heavy (non-hydrogen) atoms. The molecule has 0 bridgehead atoms. The molecular weight excluding hydrogens is 383 g/mol. The topological polar surface area (TPSA) is 85.1 Å². The number of nitrogens with zero attached hydrogens (tertiary/aromatic N) is 3. The van der Waals surface area contributed by atoms with E-state index in [4.69, 9.17) is 17.0 Å². The number of anilines is 3. The van der Waals surface area contributed by atoms with Gasteiger partial charge in [-0.15, -0.1) is 0 Å². The molecule has 1 saturated heterocycles. The van der Waals surface area contributed by atoms with Crippen molar-refractivity contribution in [1.29, 1.82) is 5.41 Å². The van der Waals surface area contributed by atoms with Crippen LogP contribution in [-0.2, 0) is 6.18 Å². The molecule has 1 aliphatic heterocycles. The molecular formula is C17H17ClF3N5O. The Morgan fingerprint density at radius 1 is 1.26 bits per heavy atom. The van der Waals surface area contributed by atoms with E-state index in [1.54, 1.807) is 0 Å². The number of piperidine rings is 1. The number of aliphatic hydroxyl groups excluding tert-OH is 1. The lowest BCUT2D eigenvalue weighted by Crippen LogP contribution is -2.37. The molecule has 0 atom stereocenters. The highest BCUT2D eigenvalue weighted by molar-refractivity contribution is 6.28. The maximum absolute atomic E-state index is 12.9. The number of hydrogen-bond acceptors (Lipinski definition) is 6. The molecule has 0 unspecified atom stereocenters. The first-order valence-electron chi connectivity index (χ1n) is 8.23. The Hall–Kier alpha value is -2.39. The number of rotatable bonds is 4. The first-order chi connectivity index (χ1) is 12.8. The zero-order chi connectivity index (χ0) is 19.6. The summed E-state index contributed by atoms with van der Waals surface area (Å²) in [5.74, 6) is 0.553. The van der Waals surface area contributed by atoms with Gasteiger partial charge < -0.3 is 20.7 Å². The second-order valence-corrected chi connectivity index (χ2v) is 6.48. The molecule has 10 heteroatoms. The number of nitrogens with one attached hydrogen (secondary N) is 2. The molecule has 0 amide bonds. The molecule has 0 spiro atoms. The van der Waals surface area contributed by atoms with Gasteiger partial charge in [-0.1, -0.05) is 6.07 Å². The maximum Gasteiger partial charge on any atom is 0.416 e. The van der Waals surface area contributed by atoms with Crippen molar-refractivity contribution in [2.45, 2.75) is 25.1 Å². The van der Waals surface area contributed by atoms with Crippen LogP contribution < -0.4 is 10.2 Å². The summed E-state index contributed by atoms with van der Waals surface area (Å²) in [7, 11) is 0. The molecule has 3 N–H and O–H groups in total. The van der Waals surface area contributed by atoms with Crippen LogP contribution in [0.3, 0.4) is 0 Å². The van der Waals surface area contributed by atoms with Crippen molar-refractivity contribution >= 4 is 35.1 Å². The molecule has 0 saturated carbocycles. The van der Waals surface area contributed by atoms with Crippen molar-refractivity contribution in [3.63, 3.8) is 0 Å². The van der Waals surface area contributed by atoms with Gasteiger partial charge in [0.25, 0.3) is 0 Å². The molecule has 0 aliphatic carbocycles. The fourth-order valence-corrected chi connectivity index (χ4v) is 3.05. The van der Waals surface area contributed by atoms with Gasteiger partial charge in [-0.3, -0.25) is 0 Å². The van der Waals surface area contributed by atoms with Crippen LogP contribution in [0.5, 0.6) is 0 Å². The first-order valence-corrected chi connectivity index (χ1v) is 8.61. The van der Waals surface area contributed by atoms with E-state index < -0.39 is 11.7 Å². The standard InChI is InChI=1S/C17H17ClF3N5O/c18-16-24-14(23-11-3-1-2-10(8-11)17(19,20)21)13(9-22)15(25-16)26-6-4-12(27)5-7-26/h1-3,8-9,12,22,27H,4-7H2,(H,23,24,25). The van der Waals surface area contributed by atoms with Gasteiger partial charge in [-0.05, 0) is 42.6 Å².